The van der Waals surface area contributed by atoms with Gasteiger partial charge < -0.3 is 15.8 Å². The number of nitrogens with one attached hydrogen (secondary N) is 1. The highest BCUT2D eigenvalue weighted by Gasteiger charge is 2.11. The highest BCUT2D eigenvalue weighted by atomic mass is 16.5. The van der Waals surface area contributed by atoms with Crippen molar-refractivity contribution in [2.75, 3.05) is 11.9 Å². The molecule has 22 heavy (non-hydrogen) atoms. The number of hydrogen-bond acceptors (Lipinski definition) is 3. The lowest BCUT2D eigenvalue weighted by atomic mass is 10.1. The number of benzene rings is 2. The molecule has 2 aromatic rings. The summed E-state index contributed by atoms with van der Waals surface area (Å²) in [6, 6.07) is 13.2. The van der Waals surface area contributed by atoms with Crippen LogP contribution in [0.25, 0.3) is 0 Å². The normalized spacial score (nSPS) is 9.82. The van der Waals surface area contributed by atoms with Crippen LogP contribution in [0.1, 0.15) is 20.7 Å². The number of carbonyl (C=O) groups excluding carboxylic acids is 2. The summed E-state index contributed by atoms with van der Waals surface area (Å²) in [5, 5.41) is 2.67. The molecular formula is C17H16N2O3. The maximum absolute atomic E-state index is 12.2. The number of amides is 2. The predicted molar refractivity (Wildman–Crippen MR) is 85.0 cm³/mol. The summed E-state index contributed by atoms with van der Waals surface area (Å²) >= 11 is 0. The second-order valence-corrected chi connectivity index (χ2v) is 4.49. The van der Waals surface area contributed by atoms with E-state index in [0.29, 0.717) is 23.6 Å². The average molecular weight is 296 g/mol. The van der Waals surface area contributed by atoms with Crippen molar-refractivity contribution < 1.29 is 14.3 Å². The molecule has 0 aromatic heterocycles. The fourth-order valence-electron chi connectivity index (χ4n) is 1.86. The Balaban J connectivity index is 2.12. The molecular weight excluding hydrogens is 280 g/mol. The number of hydrogen-bond donors (Lipinski definition) is 2. The Kier molecular flexibility index (Phi) is 4.93. The molecule has 0 saturated heterocycles. The second kappa shape index (κ2) is 7.08. The van der Waals surface area contributed by atoms with Gasteiger partial charge in [-0.15, -0.1) is 0 Å². The first-order valence-corrected chi connectivity index (χ1v) is 6.65. The molecule has 5 nitrogen and oxygen atoms in total. The van der Waals surface area contributed by atoms with Gasteiger partial charge in [0.25, 0.3) is 11.8 Å². The van der Waals surface area contributed by atoms with E-state index in [0.717, 1.165) is 0 Å². The highest BCUT2D eigenvalue weighted by molar-refractivity contribution is 6.08. The molecule has 3 N–H and O–H groups in total. The SMILES string of the molecule is C=CCOc1ccc(C(=O)Nc2ccccc2C(N)=O)cc1. The van der Waals surface area contributed by atoms with Crippen molar-refractivity contribution in [2.45, 2.75) is 0 Å². The minimum Gasteiger partial charge on any atom is -0.490 e. The van der Waals surface area contributed by atoms with Gasteiger partial charge in [0.2, 0.25) is 0 Å². The number of rotatable bonds is 6. The molecule has 112 valence electrons. The first-order chi connectivity index (χ1) is 10.6. The summed E-state index contributed by atoms with van der Waals surface area (Å²) in [6.45, 7) is 3.96. The van der Waals surface area contributed by atoms with E-state index in [1.165, 1.54) is 0 Å². The molecule has 0 aliphatic heterocycles. The number of ether oxygens (including phenoxy) is 1. The van der Waals surface area contributed by atoms with Crippen molar-refractivity contribution in [3.8, 4) is 5.75 Å². The average Bonchev–Trinajstić information content (AvgIpc) is 2.53. The van der Waals surface area contributed by atoms with Crippen LogP contribution in [0.15, 0.2) is 61.2 Å². The lowest BCUT2D eigenvalue weighted by molar-refractivity contribution is 0.100. The Morgan fingerprint density at radius 2 is 1.82 bits per heavy atom. The van der Waals surface area contributed by atoms with Crippen LogP contribution < -0.4 is 15.8 Å². The van der Waals surface area contributed by atoms with Crippen LogP contribution in [0.5, 0.6) is 5.75 Å². The van der Waals surface area contributed by atoms with Crippen LogP contribution in [0.4, 0.5) is 5.69 Å². The quantitative estimate of drug-likeness (QED) is 0.804. The molecule has 0 heterocycles. The molecule has 0 atom stereocenters. The molecule has 0 unspecified atom stereocenters. The van der Waals surface area contributed by atoms with Crippen LogP contribution >= 0.6 is 0 Å². The van der Waals surface area contributed by atoms with E-state index < -0.39 is 5.91 Å². The van der Waals surface area contributed by atoms with Gasteiger partial charge in [-0.1, -0.05) is 24.8 Å². The number of nitrogens with two attached hydrogens (primary N) is 1. The van der Waals surface area contributed by atoms with E-state index in [9.17, 15) is 9.59 Å². The van der Waals surface area contributed by atoms with E-state index in [1.807, 2.05) is 0 Å². The van der Waals surface area contributed by atoms with Gasteiger partial charge in [0.05, 0.1) is 11.3 Å². The van der Waals surface area contributed by atoms with E-state index in [1.54, 1.807) is 54.6 Å². The minimum absolute atomic E-state index is 0.266. The first-order valence-electron chi connectivity index (χ1n) is 6.65. The highest BCUT2D eigenvalue weighted by Crippen LogP contribution is 2.17. The van der Waals surface area contributed by atoms with Crippen LogP contribution in [-0.2, 0) is 0 Å². The van der Waals surface area contributed by atoms with Crippen molar-refractivity contribution in [2.24, 2.45) is 5.73 Å². The minimum atomic E-state index is -0.593. The third-order valence-electron chi connectivity index (χ3n) is 2.93. The van der Waals surface area contributed by atoms with Crippen LogP contribution in [0.3, 0.4) is 0 Å². The summed E-state index contributed by atoms with van der Waals surface area (Å²) < 4.78 is 5.35. The maximum atomic E-state index is 12.2. The largest absolute Gasteiger partial charge is 0.490 e. The molecule has 0 aliphatic rings. The number of anilines is 1. The van der Waals surface area contributed by atoms with Gasteiger partial charge in [0.15, 0.2) is 0 Å². The van der Waals surface area contributed by atoms with Gasteiger partial charge in [-0.3, -0.25) is 9.59 Å². The van der Waals surface area contributed by atoms with Gasteiger partial charge in [-0.25, -0.2) is 0 Å². The summed E-state index contributed by atoms with van der Waals surface area (Å²) in [5.74, 6) is -0.276. The monoisotopic (exact) mass is 296 g/mol. The Hall–Kier alpha value is -3.08. The van der Waals surface area contributed by atoms with Gasteiger partial charge in [0, 0.05) is 5.56 Å². The van der Waals surface area contributed by atoms with Crippen molar-refractivity contribution in [3.63, 3.8) is 0 Å². The Morgan fingerprint density at radius 3 is 2.45 bits per heavy atom. The van der Waals surface area contributed by atoms with E-state index in [-0.39, 0.29) is 11.5 Å². The van der Waals surface area contributed by atoms with Crippen molar-refractivity contribution in [3.05, 3.63) is 72.3 Å². The molecule has 0 bridgehead atoms. The van der Waals surface area contributed by atoms with Gasteiger partial charge in [-0.05, 0) is 36.4 Å². The Labute approximate surface area is 128 Å². The van der Waals surface area contributed by atoms with E-state index in [4.69, 9.17) is 10.5 Å². The van der Waals surface area contributed by atoms with Crippen molar-refractivity contribution in [1.82, 2.24) is 0 Å². The van der Waals surface area contributed by atoms with Crippen LogP contribution in [0, 0.1) is 0 Å². The summed E-state index contributed by atoms with van der Waals surface area (Å²) in [4.78, 5) is 23.5. The Morgan fingerprint density at radius 1 is 1.14 bits per heavy atom. The molecule has 2 aromatic carbocycles. The zero-order valence-electron chi connectivity index (χ0n) is 11.9. The third-order valence-corrected chi connectivity index (χ3v) is 2.93. The van der Waals surface area contributed by atoms with Gasteiger partial charge >= 0.3 is 0 Å². The zero-order chi connectivity index (χ0) is 15.9. The smallest absolute Gasteiger partial charge is 0.255 e. The lowest BCUT2D eigenvalue weighted by Crippen LogP contribution is -2.18. The molecule has 2 rings (SSSR count). The maximum Gasteiger partial charge on any atom is 0.255 e. The van der Waals surface area contributed by atoms with Gasteiger partial charge in [-0.2, -0.15) is 0 Å². The number of primary amides is 1. The first kappa shape index (κ1) is 15.3. The predicted octanol–water partition coefficient (Wildman–Crippen LogP) is 2.60. The zero-order valence-corrected chi connectivity index (χ0v) is 11.9. The summed E-state index contributed by atoms with van der Waals surface area (Å²) in [7, 11) is 0. The Bertz CT molecular complexity index is 693. The van der Waals surface area contributed by atoms with Gasteiger partial charge in [0.1, 0.15) is 12.4 Å². The topological polar surface area (TPSA) is 81.4 Å². The third kappa shape index (κ3) is 3.73. The standard InChI is InChI=1S/C17H16N2O3/c1-2-11-22-13-9-7-12(8-10-13)17(21)19-15-6-4-3-5-14(15)16(18)20/h2-10H,1,11H2,(H2,18,20)(H,19,21). The van der Waals surface area contributed by atoms with Crippen molar-refractivity contribution in [1.29, 1.82) is 0 Å². The molecule has 0 spiro atoms. The second-order valence-electron chi connectivity index (χ2n) is 4.49. The van der Waals surface area contributed by atoms with Crippen LogP contribution in [0.2, 0.25) is 0 Å². The number of para-hydroxylation sites is 1. The molecule has 0 radical (unpaired) electrons. The summed E-state index contributed by atoms with van der Waals surface area (Å²) in [5.41, 5.74) is 6.38. The molecule has 5 heteroatoms. The van der Waals surface area contributed by atoms with E-state index in [2.05, 4.69) is 11.9 Å². The fourth-order valence-corrected chi connectivity index (χ4v) is 1.86. The fraction of sp³-hybridized carbons (Fsp3) is 0.0588. The molecule has 0 aliphatic carbocycles. The van der Waals surface area contributed by atoms with Crippen molar-refractivity contribution >= 4 is 17.5 Å². The summed E-state index contributed by atoms with van der Waals surface area (Å²) in [6.07, 6.45) is 1.64. The van der Waals surface area contributed by atoms with Crippen LogP contribution in [-0.4, -0.2) is 18.4 Å². The molecule has 0 saturated carbocycles. The molecule has 0 fully saturated rings. The van der Waals surface area contributed by atoms with E-state index >= 15 is 0 Å². The molecule has 2 amide bonds. The lowest BCUT2D eigenvalue weighted by Gasteiger charge is -2.09. The number of carbonyl (C=O) groups is 2.